The van der Waals surface area contributed by atoms with Crippen molar-refractivity contribution in [2.24, 2.45) is 5.92 Å². The minimum absolute atomic E-state index is 0.0400. The predicted molar refractivity (Wildman–Crippen MR) is 71.9 cm³/mol. The van der Waals surface area contributed by atoms with E-state index in [1.54, 1.807) is 4.57 Å². The molecule has 2 aromatic heterocycles. The van der Waals surface area contributed by atoms with Crippen molar-refractivity contribution in [2.75, 3.05) is 12.3 Å². The highest BCUT2D eigenvalue weighted by Gasteiger charge is 2.27. The molecular weight excluding hydrogens is 262 g/mol. The van der Waals surface area contributed by atoms with Crippen molar-refractivity contribution in [1.29, 1.82) is 0 Å². The fraction of sp³-hybridized carbons (Fsp3) is 0.417. The third-order valence-corrected chi connectivity index (χ3v) is 3.58. The van der Waals surface area contributed by atoms with E-state index in [2.05, 4.69) is 15.0 Å². The molecule has 0 aliphatic heterocycles. The van der Waals surface area contributed by atoms with E-state index in [0.717, 1.165) is 0 Å². The molecule has 0 spiro atoms. The molecule has 0 aromatic carbocycles. The van der Waals surface area contributed by atoms with Gasteiger partial charge in [0.05, 0.1) is 25.1 Å². The summed E-state index contributed by atoms with van der Waals surface area (Å²) in [6.07, 6.45) is 5.13. The lowest BCUT2D eigenvalue weighted by Crippen LogP contribution is -2.22. The van der Waals surface area contributed by atoms with Gasteiger partial charge < -0.3 is 20.5 Å². The molecule has 0 fully saturated rings. The molecule has 3 rings (SSSR count). The van der Waals surface area contributed by atoms with Gasteiger partial charge in [-0.05, 0) is 6.42 Å². The second-order valence-corrected chi connectivity index (χ2v) is 4.88. The Labute approximate surface area is 113 Å². The third kappa shape index (κ3) is 1.98. The number of aliphatic hydroxyl groups excluding tert-OH is 2. The Hall–Kier alpha value is -2.19. The van der Waals surface area contributed by atoms with Gasteiger partial charge in [-0.2, -0.15) is 4.98 Å². The standard InChI is InChI=1S/C12H15N5O3/c13-12-15-10-9(11(20)16-12)14-5-17(10)7-2-1-6(3-7)8(19)4-18/h1-2,5-8,18-19H,3-4H2,(H3,13,15,16,20)/t6-,7+,8+/m1/s1. The molecule has 0 radical (unpaired) electrons. The zero-order valence-electron chi connectivity index (χ0n) is 10.6. The van der Waals surface area contributed by atoms with Crippen LogP contribution in [-0.2, 0) is 0 Å². The molecule has 8 nitrogen and oxygen atoms in total. The van der Waals surface area contributed by atoms with Crippen LogP contribution in [0.15, 0.2) is 23.3 Å². The van der Waals surface area contributed by atoms with Crippen molar-refractivity contribution in [1.82, 2.24) is 19.5 Å². The number of fused-ring (bicyclic) bond motifs is 1. The number of aliphatic hydroxyl groups is 2. The Morgan fingerprint density at radius 1 is 1.55 bits per heavy atom. The van der Waals surface area contributed by atoms with E-state index in [4.69, 9.17) is 10.8 Å². The van der Waals surface area contributed by atoms with Crippen LogP contribution >= 0.6 is 0 Å². The van der Waals surface area contributed by atoms with E-state index in [0.29, 0.717) is 12.1 Å². The van der Waals surface area contributed by atoms with Crippen molar-refractivity contribution in [2.45, 2.75) is 18.6 Å². The molecular formula is C12H15N5O3. The predicted octanol–water partition coefficient (Wildman–Crippen LogP) is -0.828. The van der Waals surface area contributed by atoms with Crippen LogP contribution in [0, 0.1) is 5.92 Å². The van der Waals surface area contributed by atoms with Crippen LogP contribution < -0.4 is 11.3 Å². The van der Waals surface area contributed by atoms with Gasteiger partial charge >= 0.3 is 0 Å². The molecule has 106 valence electrons. The Kier molecular flexibility index (Phi) is 3.03. The van der Waals surface area contributed by atoms with Crippen molar-refractivity contribution >= 4 is 17.1 Å². The molecule has 0 saturated carbocycles. The number of aromatic amines is 1. The average molecular weight is 277 g/mol. The van der Waals surface area contributed by atoms with Gasteiger partial charge in [0.1, 0.15) is 0 Å². The van der Waals surface area contributed by atoms with Crippen molar-refractivity contribution in [3.05, 3.63) is 28.8 Å². The van der Waals surface area contributed by atoms with Gasteiger partial charge in [0, 0.05) is 5.92 Å². The number of nitrogens with zero attached hydrogens (tertiary/aromatic N) is 3. The van der Waals surface area contributed by atoms with Crippen LogP contribution in [0.2, 0.25) is 0 Å². The fourth-order valence-corrected chi connectivity index (χ4v) is 2.52. The number of hydrogen-bond donors (Lipinski definition) is 4. The largest absolute Gasteiger partial charge is 0.394 e. The summed E-state index contributed by atoms with van der Waals surface area (Å²) in [7, 11) is 0. The molecule has 1 aliphatic carbocycles. The summed E-state index contributed by atoms with van der Waals surface area (Å²) in [6, 6.07) is -0.0695. The summed E-state index contributed by atoms with van der Waals surface area (Å²) in [5, 5.41) is 18.6. The fourth-order valence-electron chi connectivity index (χ4n) is 2.52. The molecule has 0 saturated heterocycles. The van der Waals surface area contributed by atoms with E-state index in [9.17, 15) is 9.90 Å². The molecule has 2 heterocycles. The smallest absolute Gasteiger partial charge is 0.280 e. The lowest BCUT2D eigenvalue weighted by molar-refractivity contribution is 0.0605. The molecule has 0 unspecified atom stereocenters. The van der Waals surface area contributed by atoms with Gasteiger partial charge in [0.25, 0.3) is 5.56 Å². The van der Waals surface area contributed by atoms with E-state index in [-0.39, 0.29) is 35.6 Å². The summed E-state index contributed by atoms with van der Waals surface area (Å²) < 4.78 is 1.75. The van der Waals surface area contributed by atoms with E-state index in [1.165, 1.54) is 6.33 Å². The molecule has 5 N–H and O–H groups in total. The van der Waals surface area contributed by atoms with Crippen LogP contribution in [0.4, 0.5) is 5.95 Å². The van der Waals surface area contributed by atoms with E-state index >= 15 is 0 Å². The van der Waals surface area contributed by atoms with Crippen molar-refractivity contribution in [3.63, 3.8) is 0 Å². The lowest BCUT2D eigenvalue weighted by atomic mass is 10.0. The van der Waals surface area contributed by atoms with Gasteiger partial charge in [-0.3, -0.25) is 9.78 Å². The van der Waals surface area contributed by atoms with Crippen LogP contribution in [-0.4, -0.2) is 42.4 Å². The van der Waals surface area contributed by atoms with Gasteiger partial charge in [-0.1, -0.05) is 12.2 Å². The summed E-state index contributed by atoms with van der Waals surface area (Å²) >= 11 is 0. The van der Waals surface area contributed by atoms with Crippen LogP contribution in [0.5, 0.6) is 0 Å². The topological polar surface area (TPSA) is 130 Å². The number of imidazole rings is 1. The highest BCUT2D eigenvalue weighted by molar-refractivity contribution is 5.70. The maximum Gasteiger partial charge on any atom is 0.280 e. The number of H-pyrrole nitrogens is 1. The third-order valence-electron chi connectivity index (χ3n) is 3.58. The van der Waals surface area contributed by atoms with Gasteiger partial charge in [-0.25, -0.2) is 4.98 Å². The Bertz CT molecular complexity index is 719. The molecule has 20 heavy (non-hydrogen) atoms. The van der Waals surface area contributed by atoms with Crippen molar-refractivity contribution in [3.8, 4) is 0 Å². The highest BCUT2D eigenvalue weighted by Crippen LogP contribution is 2.31. The van der Waals surface area contributed by atoms with E-state index in [1.807, 2.05) is 12.2 Å². The van der Waals surface area contributed by atoms with Crippen LogP contribution in [0.1, 0.15) is 12.5 Å². The summed E-state index contributed by atoms with van der Waals surface area (Å²) in [5.41, 5.74) is 5.83. The average Bonchev–Trinajstić information content (AvgIpc) is 3.03. The van der Waals surface area contributed by atoms with Crippen LogP contribution in [0.3, 0.4) is 0 Å². The number of nitrogens with one attached hydrogen (secondary N) is 1. The first-order chi connectivity index (χ1) is 9.60. The molecule has 0 amide bonds. The number of nitrogens with two attached hydrogens (primary N) is 1. The number of rotatable bonds is 3. The number of nitrogen functional groups attached to an aromatic ring is 1. The second-order valence-electron chi connectivity index (χ2n) is 4.88. The SMILES string of the molecule is Nc1nc2c(ncn2[C@H]2C=C[C@@H]([C@@H](O)CO)C2)c(=O)[nH]1. The minimum Gasteiger partial charge on any atom is -0.394 e. The molecule has 3 atom stereocenters. The first kappa shape index (κ1) is 12.8. The zero-order valence-corrected chi connectivity index (χ0v) is 10.6. The Morgan fingerprint density at radius 2 is 2.35 bits per heavy atom. The summed E-state index contributed by atoms with van der Waals surface area (Å²) in [4.78, 5) is 22.3. The maximum atomic E-state index is 11.7. The molecule has 8 heteroatoms. The minimum atomic E-state index is -0.785. The van der Waals surface area contributed by atoms with Crippen LogP contribution in [0.25, 0.3) is 11.2 Å². The molecule has 1 aliphatic rings. The number of hydrogen-bond acceptors (Lipinski definition) is 6. The number of allylic oxidation sites excluding steroid dienone is 1. The normalized spacial score (nSPS) is 23.5. The molecule has 2 aromatic rings. The van der Waals surface area contributed by atoms with E-state index < -0.39 is 6.10 Å². The summed E-state index contributed by atoms with van der Waals surface area (Å²) in [5.74, 6) is -0.0834. The first-order valence-electron chi connectivity index (χ1n) is 6.29. The quantitative estimate of drug-likeness (QED) is 0.542. The summed E-state index contributed by atoms with van der Waals surface area (Å²) in [6.45, 7) is -0.280. The van der Waals surface area contributed by atoms with Gasteiger partial charge in [0.2, 0.25) is 5.95 Å². The highest BCUT2D eigenvalue weighted by atomic mass is 16.3. The Morgan fingerprint density at radius 3 is 3.10 bits per heavy atom. The number of aromatic nitrogens is 4. The number of anilines is 1. The van der Waals surface area contributed by atoms with Gasteiger partial charge in [-0.15, -0.1) is 0 Å². The monoisotopic (exact) mass is 277 g/mol. The Balaban J connectivity index is 1.97. The zero-order chi connectivity index (χ0) is 14.3. The second kappa shape index (κ2) is 4.73. The van der Waals surface area contributed by atoms with Gasteiger partial charge in [0.15, 0.2) is 11.2 Å². The molecule has 0 bridgehead atoms. The lowest BCUT2D eigenvalue weighted by Gasteiger charge is -2.17. The maximum absolute atomic E-state index is 11.7. The first-order valence-corrected chi connectivity index (χ1v) is 6.29. The van der Waals surface area contributed by atoms with Crippen molar-refractivity contribution < 1.29 is 10.2 Å².